The lowest BCUT2D eigenvalue weighted by Gasteiger charge is -2.10. The Morgan fingerprint density at radius 3 is 1.75 bits per heavy atom. The van der Waals surface area contributed by atoms with Gasteiger partial charge in [0.15, 0.2) is 5.96 Å². The van der Waals surface area contributed by atoms with Crippen molar-refractivity contribution in [3.8, 4) is 0 Å². The van der Waals surface area contributed by atoms with Crippen molar-refractivity contribution in [1.29, 1.82) is 5.41 Å². The van der Waals surface area contributed by atoms with Crippen LogP contribution in [0.4, 0.5) is 4.79 Å². The Morgan fingerprint density at radius 1 is 0.875 bits per heavy atom. The monoisotopic (exact) mass is 346 g/mol. The van der Waals surface area contributed by atoms with Gasteiger partial charge in [-0.2, -0.15) is 0 Å². The van der Waals surface area contributed by atoms with Gasteiger partial charge in [-0.05, 0) is 12.8 Å². The van der Waals surface area contributed by atoms with Gasteiger partial charge < -0.3 is 20.8 Å². The number of amides is 2. The standard InChI is InChI=1S/C14H30N4O.C2H4O3/c1-3-5-7-9-11-16-13(15)18-14(19)17-12-10-8-6-4-2;3-1-2(4)5/h3-12H2,1-2H3,(H4,15,16,17,18,19);3H,1H2,(H,4,5). The van der Waals surface area contributed by atoms with Crippen molar-refractivity contribution >= 4 is 18.0 Å². The van der Waals surface area contributed by atoms with Gasteiger partial charge in [0.25, 0.3) is 0 Å². The Hall–Kier alpha value is -1.83. The van der Waals surface area contributed by atoms with Crippen LogP contribution in [0.1, 0.15) is 65.2 Å². The van der Waals surface area contributed by atoms with Crippen LogP contribution in [0, 0.1) is 5.41 Å². The van der Waals surface area contributed by atoms with Gasteiger partial charge in [-0.3, -0.25) is 10.7 Å². The number of aliphatic hydroxyl groups is 1. The molecular weight excluding hydrogens is 312 g/mol. The number of aliphatic hydroxyl groups excluding tert-OH is 1. The van der Waals surface area contributed by atoms with Gasteiger partial charge in [-0.1, -0.05) is 52.4 Å². The van der Waals surface area contributed by atoms with Crippen LogP contribution in [0.15, 0.2) is 0 Å². The second-order valence-electron chi connectivity index (χ2n) is 5.36. The zero-order chi connectivity index (χ0) is 18.6. The van der Waals surface area contributed by atoms with E-state index in [-0.39, 0.29) is 12.0 Å². The lowest BCUT2D eigenvalue weighted by Crippen LogP contribution is -2.45. The highest BCUT2D eigenvalue weighted by Gasteiger charge is 2.02. The molecular formula is C16H34N4O4. The minimum Gasteiger partial charge on any atom is -0.480 e. The molecule has 8 heteroatoms. The van der Waals surface area contributed by atoms with E-state index in [0.29, 0.717) is 6.54 Å². The number of carbonyl (C=O) groups is 2. The van der Waals surface area contributed by atoms with Crippen LogP contribution in [-0.4, -0.2) is 47.9 Å². The molecule has 24 heavy (non-hydrogen) atoms. The molecule has 0 saturated carbocycles. The van der Waals surface area contributed by atoms with E-state index >= 15 is 0 Å². The first-order chi connectivity index (χ1) is 11.5. The second kappa shape index (κ2) is 19.2. The molecule has 2 amide bonds. The SMILES string of the molecule is CCCCCCNC(=N)NC(=O)NCCCCCC.O=C(O)CO. The highest BCUT2D eigenvalue weighted by molar-refractivity contribution is 5.94. The summed E-state index contributed by atoms with van der Waals surface area (Å²) in [5, 5.41) is 30.7. The molecule has 0 bridgehead atoms. The third-order valence-corrected chi connectivity index (χ3v) is 3.02. The van der Waals surface area contributed by atoms with E-state index in [1.165, 1.54) is 32.1 Å². The van der Waals surface area contributed by atoms with Gasteiger partial charge in [0, 0.05) is 13.1 Å². The molecule has 0 aromatic carbocycles. The Labute approximate surface area is 144 Å². The first-order valence-electron chi connectivity index (χ1n) is 8.67. The fourth-order valence-corrected chi connectivity index (χ4v) is 1.72. The van der Waals surface area contributed by atoms with Crippen LogP contribution in [0.25, 0.3) is 0 Å². The van der Waals surface area contributed by atoms with Crippen LogP contribution in [-0.2, 0) is 4.79 Å². The van der Waals surface area contributed by atoms with Gasteiger partial charge in [-0.15, -0.1) is 0 Å². The van der Waals surface area contributed by atoms with Crippen molar-refractivity contribution in [1.82, 2.24) is 16.0 Å². The molecule has 0 heterocycles. The molecule has 6 N–H and O–H groups in total. The summed E-state index contributed by atoms with van der Waals surface area (Å²) >= 11 is 0. The Bertz CT molecular complexity index is 314. The summed E-state index contributed by atoms with van der Waals surface area (Å²) in [6.45, 7) is 4.97. The van der Waals surface area contributed by atoms with E-state index < -0.39 is 12.6 Å². The lowest BCUT2D eigenvalue weighted by molar-refractivity contribution is -0.140. The van der Waals surface area contributed by atoms with Crippen LogP contribution < -0.4 is 16.0 Å². The molecule has 8 nitrogen and oxygen atoms in total. The van der Waals surface area contributed by atoms with Gasteiger partial charge in [-0.25, -0.2) is 9.59 Å². The van der Waals surface area contributed by atoms with E-state index in [0.717, 1.165) is 25.8 Å². The summed E-state index contributed by atoms with van der Waals surface area (Å²) < 4.78 is 0. The molecule has 0 rings (SSSR count). The molecule has 0 atom stereocenters. The average molecular weight is 346 g/mol. The zero-order valence-electron chi connectivity index (χ0n) is 15.0. The molecule has 0 aromatic rings. The van der Waals surface area contributed by atoms with Gasteiger partial charge in [0.1, 0.15) is 6.61 Å². The van der Waals surface area contributed by atoms with E-state index in [1.54, 1.807) is 0 Å². The molecule has 0 saturated heterocycles. The molecule has 0 spiro atoms. The summed E-state index contributed by atoms with van der Waals surface area (Å²) in [7, 11) is 0. The Morgan fingerprint density at radius 2 is 1.33 bits per heavy atom. The van der Waals surface area contributed by atoms with E-state index in [2.05, 4.69) is 29.8 Å². The maximum atomic E-state index is 11.4. The molecule has 0 unspecified atom stereocenters. The predicted octanol–water partition coefficient (Wildman–Crippen LogP) is 2.03. The number of hydrogen-bond acceptors (Lipinski definition) is 4. The number of unbranched alkanes of at least 4 members (excludes halogenated alkanes) is 6. The third-order valence-electron chi connectivity index (χ3n) is 3.02. The lowest BCUT2D eigenvalue weighted by atomic mass is 10.2. The number of urea groups is 1. The zero-order valence-corrected chi connectivity index (χ0v) is 15.0. The molecule has 0 aliphatic rings. The van der Waals surface area contributed by atoms with Crippen molar-refractivity contribution in [2.24, 2.45) is 0 Å². The van der Waals surface area contributed by atoms with Crippen LogP contribution >= 0.6 is 0 Å². The van der Waals surface area contributed by atoms with Crippen molar-refractivity contribution in [2.75, 3.05) is 19.7 Å². The number of aliphatic carboxylic acids is 1. The predicted molar refractivity (Wildman–Crippen MR) is 95.3 cm³/mol. The molecule has 142 valence electrons. The summed E-state index contributed by atoms with van der Waals surface area (Å²) in [6, 6.07) is -0.289. The number of guanidine groups is 1. The number of nitrogens with one attached hydrogen (secondary N) is 4. The Kier molecular flexibility index (Phi) is 19.6. The van der Waals surface area contributed by atoms with Crippen molar-refractivity contribution in [2.45, 2.75) is 65.2 Å². The number of rotatable bonds is 11. The fourth-order valence-electron chi connectivity index (χ4n) is 1.72. The van der Waals surface area contributed by atoms with Gasteiger partial charge in [0.05, 0.1) is 0 Å². The van der Waals surface area contributed by atoms with Gasteiger partial charge >= 0.3 is 12.0 Å². The number of carboxylic acids is 1. The van der Waals surface area contributed by atoms with E-state index in [1.807, 2.05) is 0 Å². The van der Waals surface area contributed by atoms with Crippen molar-refractivity contribution in [3.63, 3.8) is 0 Å². The average Bonchev–Trinajstić information content (AvgIpc) is 2.55. The number of hydrogen-bond donors (Lipinski definition) is 6. The molecule has 0 fully saturated rings. The number of carbonyl (C=O) groups excluding carboxylic acids is 1. The van der Waals surface area contributed by atoms with E-state index in [4.69, 9.17) is 20.4 Å². The topological polar surface area (TPSA) is 135 Å². The summed E-state index contributed by atoms with van der Waals surface area (Å²) in [5.74, 6) is -1.10. The highest BCUT2D eigenvalue weighted by Crippen LogP contribution is 1.97. The third kappa shape index (κ3) is 22.5. The molecule has 0 radical (unpaired) electrons. The van der Waals surface area contributed by atoms with Crippen LogP contribution in [0.2, 0.25) is 0 Å². The first-order valence-corrected chi connectivity index (χ1v) is 8.67. The number of carboxylic acid groups (broad SMARTS) is 1. The van der Waals surface area contributed by atoms with Crippen molar-refractivity contribution in [3.05, 3.63) is 0 Å². The summed E-state index contributed by atoms with van der Waals surface area (Å²) in [5.41, 5.74) is 0. The minimum atomic E-state index is -1.19. The largest absolute Gasteiger partial charge is 0.480 e. The fraction of sp³-hybridized carbons (Fsp3) is 0.812. The van der Waals surface area contributed by atoms with Crippen LogP contribution in [0.5, 0.6) is 0 Å². The second-order valence-corrected chi connectivity index (χ2v) is 5.36. The molecule has 0 aliphatic heterocycles. The summed E-state index contributed by atoms with van der Waals surface area (Å²) in [4.78, 5) is 20.5. The summed E-state index contributed by atoms with van der Waals surface area (Å²) in [6.07, 6.45) is 9.17. The maximum absolute atomic E-state index is 11.4. The normalized spacial score (nSPS) is 9.46. The Balaban J connectivity index is 0. The molecule has 0 aliphatic carbocycles. The van der Waals surface area contributed by atoms with Crippen LogP contribution in [0.3, 0.4) is 0 Å². The maximum Gasteiger partial charge on any atom is 0.329 e. The van der Waals surface area contributed by atoms with Gasteiger partial charge in [0.2, 0.25) is 0 Å². The highest BCUT2D eigenvalue weighted by atomic mass is 16.4. The quantitative estimate of drug-likeness (QED) is 0.193. The van der Waals surface area contributed by atoms with Crippen molar-refractivity contribution < 1.29 is 19.8 Å². The minimum absolute atomic E-state index is 0.0857. The first kappa shape index (κ1) is 24.4. The van der Waals surface area contributed by atoms with E-state index in [9.17, 15) is 4.79 Å². The molecule has 0 aromatic heterocycles. The smallest absolute Gasteiger partial charge is 0.329 e.